The SMILES string of the molecule is O=C(NCCC(O)O)c1c[c]ccc1. The lowest BCUT2D eigenvalue weighted by molar-refractivity contribution is -0.0440. The van der Waals surface area contributed by atoms with Crippen LogP contribution in [-0.2, 0) is 0 Å². The van der Waals surface area contributed by atoms with Crippen molar-refractivity contribution < 1.29 is 15.0 Å². The highest BCUT2D eigenvalue weighted by Crippen LogP contribution is 1.97. The normalized spacial score (nSPS) is 10.2. The highest BCUT2D eigenvalue weighted by atomic mass is 16.5. The number of aliphatic hydroxyl groups excluding tert-OH is 1. The summed E-state index contributed by atoms with van der Waals surface area (Å²) in [5.41, 5.74) is 0.514. The van der Waals surface area contributed by atoms with Crippen molar-refractivity contribution in [3.05, 3.63) is 35.9 Å². The van der Waals surface area contributed by atoms with E-state index < -0.39 is 6.29 Å². The van der Waals surface area contributed by atoms with Gasteiger partial charge in [0, 0.05) is 18.5 Å². The Bertz CT molecular complexity index is 285. The molecule has 0 unspecified atom stereocenters. The molecule has 1 aromatic carbocycles. The number of hydrogen-bond donors (Lipinski definition) is 3. The second-order valence-corrected chi connectivity index (χ2v) is 2.82. The summed E-state index contributed by atoms with van der Waals surface area (Å²) in [4.78, 5) is 11.3. The van der Waals surface area contributed by atoms with Gasteiger partial charge in [-0.3, -0.25) is 4.79 Å². The van der Waals surface area contributed by atoms with Crippen LogP contribution in [0.5, 0.6) is 0 Å². The molecule has 1 rings (SSSR count). The Morgan fingerprint density at radius 2 is 2.36 bits per heavy atom. The minimum Gasteiger partial charge on any atom is -0.368 e. The van der Waals surface area contributed by atoms with Crippen molar-refractivity contribution in [2.45, 2.75) is 12.7 Å². The zero-order chi connectivity index (χ0) is 10.4. The second-order valence-electron chi connectivity index (χ2n) is 2.82. The molecular formula is C10H12NO3. The zero-order valence-electron chi connectivity index (χ0n) is 7.60. The van der Waals surface area contributed by atoms with E-state index in [1.807, 2.05) is 0 Å². The molecule has 75 valence electrons. The molecule has 0 atom stereocenters. The molecule has 0 aliphatic carbocycles. The van der Waals surface area contributed by atoms with Crippen molar-refractivity contribution in [1.29, 1.82) is 0 Å². The highest BCUT2D eigenvalue weighted by Gasteiger charge is 2.04. The summed E-state index contributed by atoms with van der Waals surface area (Å²) in [5, 5.41) is 19.6. The van der Waals surface area contributed by atoms with Crippen LogP contribution in [0.25, 0.3) is 0 Å². The molecule has 0 aliphatic heterocycles. The Hall–Kier alpha value is -1.39. The third-order valence-corrected chi connectivity index (χ3v) is 1.66. The maximum atomic E-state index is 11.3. The Morgan fingerprint density at radius 3 is 2.93 bits per heavy atom. The molecule has 4 nitrogen and oxygen atoms in total. The van der Waals surface area contributed by atoms with Crippen LogP contribution in [0.2, 0.25) is 0 Å². The molecule has 1 radical (unpaired) electrons. The lowest BCUT2D eigenvalue weighted by Crippen LogP contribution is -2.26. The predicted octanol–water partition coefficient (Wildman–Crippen LogP) is -0.0826. The van der Waals surface area contributed by atoms with Gasteiger partial charge in [-0.05, 0) is 18.2 Å². The fourth-order valence-electron chi connectivity index (χ4n) is 0.951. The maximum Gasteiger partial charge on any atom is 0.251 e. The van der Waals surface area contributed by atoms with Gasteiger partial charge in [0.05, 0.1) is 0 Å². The molecule has 0 aromatic heterocycles. The molecule has 1 aromatic rings. The summed E-state index contributed by atoms with van der Waals surface area (Å²) >= 11 is 0. The first-order valence-electron chi connectivity index (χ1n) is 4.30. The van der Waals surface area contributed by atoms with E-state index in [4.69, 9.17) is 10.2 Å². The molecule has 0 fully saturated rings. The second kappa shape index (κ2) is 5.36. The first kappa shape index (κ1) is 10.7. The van der Waals surface area contributed by atoms with Crippen LogP contribution in [0.4, 0.5) is 0 Å². The molecule has 3 N–H and O–H groups in total. The van der Waals surface area contributed by atoms with Gasteiger partial charge in [0.1, 0.15) is 0 Å². The zero-order valence-corrected chi connectivity index (χ0v) is 7.60. The van der Waals surface area contributed by atoms with Crippen LogP contribution in [0, 0.1) is 6.07 Å². The molecule has 0 aliphatic rings. The van der Waals surface area contributed by atoms with Crippen molar-refractivity contribution in [2.75, 3.05) is 6.54 Å². The molecule has 14 heavy (non-hydrogen) atoms. The van der Waals surface area contributed by atoms with E-state index in [1.165, 1.54) is 0 Å². The Morgan fingerprint density at radius 1 is 1.57 bits per heavy atom. The van der Waals surface area contributed by atoms with Gasteiger partial charge in [0.15, 0.2) is 6.29 Å². The molecule has 0 bridgehead atoms. The lowest BCUT2D eigenvalue weighted by Gasteiger charge is -2.05. The summed E-state index contributed by atoms with van der Waals surface area (Å²) in [7, 11) is 0. The van der Waals surface area contributed by atoms with Crippen LogP contribution in [0.1, 0.15) is 16.8 Å². The summed E-state index contributed by atoms with van der Waals surface area (Å²) in [5.74, 6) is -0.234. The van der Waals surface area contributed by atoms with E-state index in [2.05, 4.69) is 11.4 Å². The fraction of sp³-hybridized carbons (Fsp3) is 0.300. The fourth-order valence-corrected chi connectivity index (χ4v) is 0.951. The molecule has 0 saturated carbocycles. The summed E-state index contributed by atoms with van der Waals surface area (Å²) < 4.78 is 0. The van der Waals surface area contributed by atoms with Crippen molar-refractivity contribution >= 4 is 5.91 Å². The third kappa shape index (κ3) is 3.55. The number of hydrogen-bond acceptors (Lipinski definition) is 3. The van der Waals surface area contributed by atoms with Crippen molar-refractivity contribution in [3.8, 4) is 0 Å². The van der Waals surface area contributed by atoms with Crippen LogP contribution in [0.3, 0.4) is 0 Å². The minimum absolute atomic E-state index is 0.127. The van der Waals surface area contributed by atoms with Crippen LogP contribution >= 0.6 is 0 Å². The molecule has 0 heterocycles. The van der Waals surface area contributed by atoms with Crippen LogP contribution < -0.4 is 5.32 Å². The standard InChI is InChI=1S/C10H12NO3/c12-9(13)6-7-11-10(14)8-4-2-1-3-5-8/h1-2,4-5,9,12-13H,6-7H2,(H,11,14). The molecule has 0 saturated heterocycles. The van der Waals surface area contributed by atoms with Gasteiger partial charge in [-0.25, -0.2) is 0 Å². The van der Waals surface area contributed by atoms with Crippen LogP contribution in [0.15, 0.2) is 24.3 Å². The quantitative estimate of drug-likeness (QED) is 0.587. The van der Waals surface area contributed by atoms with Crippen molar-refractivity contribution in [3.63, 3.8) is 0 Å². The van der Waals surface area contributed by atoms with Gasteiger partial charge >= 0.3 is 0 Å². The molecule has 4 heteroatoms. The van der Waals surface area contributed by atoms with E-state index in [9.17, 15) is 4.79 Å². The third-order valence-electron chi connectivity index (χ3n) is 1.66. The first-order chi connectivity index (χ1) is 6.70. The van der Waals surface area contributed by atoms with Gasteiger partial charge in [-0.15, -0.1) is 0 Å². The van der Waals surface area contributed by atoms with Crippen molar-refractivity contribution in [2.24, 2.45) is 0 Å². The minimum atomic E-state index is -1.38. The molecule has 0 spiro atoms. The van der Waals surface area contributed by atoms with E-state index >= 15 is 0 Å². The summed E-state index contributed by atoms with van der Waals surface area (Å²) in [6, 6.07) is 9.44. The molecule has 1 amide bonds. The predicted molar refractivity (Wildman–Crippen MR) is 50.5 cm³/mol. The number of amides is 1. The van der Waals surface area contributed by atoms with Gasteiger partial charge < -0.3 is 15.5 Å². The Balaban J connectivity index is 2.36. The van der Waals surface area contributed by atoms with Gasteiger partial charge in [-0.1, -0.05) is 12.1 Å². The largest absolute Gasteiger partial charge is 0.368 e. The monoisotopic (exact) mass is 194 g/mol. The van der Waals surface area contributed by atoms with Gasteiger partial charge in [-0.2, -0.15) is 0 Å². The van der Waals surface area contributed by atoms with E-state index in [1.54, 1.807) is 24.3 Å². The van der Waals surface area contributed by atoms with Crippen molar-refractivity contribution in [1.82, 2.24) is 5.32 Å². The number of carbonyl (C=O) groups is 1. The van der Waals surface area contributed by atoms with E-state index in [0.717, 1.165) is 0 Å². The topological polar surface area (TPSA) is 69.6 Å². The number of rotatable bonds is 4. The average molecular weight is 194 g/mol. The van der Waals surface area contributed by atoms with Gasteiger partial charge in [0.25, 0.3) is 5.91 Å². The number of aliphatic hydroxyl groups is 2. The van der Waals surface area contributed by atoms with E-state index in [0.29, 0.717) is 5.56 Å². The number of carbonyl (C=O) groups excluding carboxylic acids is 1. The number of benzene rings is 1. The first-order valence-corrected chi connectivity index (χ1v) is 4.30. The summed E-state index contributed by atoms with van der Waals surface area (Å²) in [6.07, 6.45) is -1.25. The number of nitrogens with one attached hydrogen (secondary N) is 1. The average Bonchev–Trinajstić information content (AvgIpc) is 2.18. The molecular weight excluding hydrogens is 182 g/mol. The Kier molecular flexibility index (Phi) is 4.10. The smallest absolute Gasteiger partial charge is 0.251 e. The highest BCUT2D eigenvalue weighted by molar-refractivity contribution is 5.93. The summed E-state index contributed by atoms with van der Waals surface area (Å²) in [6.45, 7) is 0.241. The lowest BCUT2D eigenvalue weighted by atomic mass is 10.2. The Labute approximate surface area is 82.2 Å². The van der Waals surface area contributed by atoms with E-state index in [-0.39, 0.29) is 18.9 Å². The maximum absolute atomic E-state index is 11.3. The van der Waals surface area contributed by atoms with Gasteiger partial charge in [0.2, 0.25) is 0 Å². The van der Waals surface area contributed by atoms with Crippen LogP contribution in [-0.4, -0.2) is 29.0 Å².